The molecule has 0 aromatic carbocycles. The SMILES string of the molecule is CCCC1(C(=O)NC(C)Cc2ccsc2)CCCN1. The van der Waals surface area contributed by atoms with Crippen molar-refractivity contribution in [2.24, 2.45) is 0 Å². The van der Waals surface area contributed by atoms with Gasteiger partial charge >= 0.3 is 0 Å². The van der Waals surface area contributed by atoms with Crippen molar-refractivity contribution in [3.8, 4) is 0 Å². The molecule has 0 bridgehead atoms. The topological polar surface area (TPSA) is 41.1 Å². The summed E-state index contributed by atoms with van der Waals surface area (Å²) < 4.78 is 0. The molecule has 3 nitrogen and oxygen atoms in total. The monoisotopic (exact) mass is 280 g/mol. The summed E-state index contributed by atoms with van der Waals surface area (Å²) in [5, 5.41) is 10.8. The number of rotatable bonds is 6. The summed E-state index contributed by atoms with van der Waals surface area (Å²) in [5.41, 5.74) is 0.999. The van der Waals surface area contributed by atoms with Gasteiger partial charge in [0.1, 0.15) is 0 Å². The maximum Gasteiger partial charge on any atom is 0.240 e. The number of hydrogen-bond acceptors (Lipinski definition) is 3. The van der Waals surface area contributed by atoms with Crippen LogP contribution in [0, 0.1) is 0 Å². The second-order valence-electron chi connectivity index (χ2n) is 5.57. The van der Waals surface area contributed by atoms with Crippen molar-refractivity contribution >= 4 is 17.2 Å². The van der Waals surface area contributed by atoms with Crippen LogP contribution in [0.4, 0.5) is 0 Å². The molecule has 1 saturated heterocycles. The van der Waals surface area contributed by atoms with Crippen LogP contribution in [0.25, 0.3) is 0 Å². The van der Waals surface area contributed by atoms with Gasteiger partial charge in [0.2, 0.25) is 5.91 Å². The molecule has 19 heavy (non-hydrogen) atoms. The lowest BCUT2D eigenvalue weighted by molar-refractivity contribution is -0.128. The smallest absolute Gasteiger partial charge is 0.240 e. The van der Waals surface area contributed by atoms with E-state index in [2.05, 4.69) is 41.3 Å². The van der Waals surface area contributed by atoms with Crippen molar-refractivity contribution in [1.82, 2.24) is 10.6 Å². The number of hydrogen-bond donors (Lipinski definition) is 2. The largest absolute Gasteiger partial charge is 0.352 e. The van der Waals surface area contributed by atoms with Crippen molar-refractivity contribution < 1.29 is 4.79 Å². The summed E-state index contributed by atoms with van der Waals surface area (Å²) in [6.45, 7) is 5.19. The molecular formula is C15H24N2OS. The molecule has 1 amide bonds. The Morgan fingerprint density at radius 3 is 3.05 bits per heavy atom. The van der Waals surface area contributed by atoms with E-state index >= 15 is 0 Å². The zero-order valence-corrected chi connectivity index (χ0v) is 12.7. The van der Waals surface area contributed by atoms with Gasteiger partial charge in [0.15, 0.2) is 0 Å². The van der Waals surface area contributed by atoms with E-state index in [1.165, 1.54) is 5.56 Å². The average Bonchev–Trinajstić information content (AvgIpc) is 3.01. The highest BCUT2D eigenvalue weighted by Crippen LogP contribution is 2.25. The minimum Gasteiger partial charge on any atom is -0.352 e. The van der Waals surface area contributed by atoms with Crippen LogP contribution in [-0.4, -0.2) is 24.0 Å². The maximum atomic E-state index is 12.5. The lowest BCUT2D eigenvalue weighted by Crippen LogP contribution is -2.55. The van der Waals surface area contributed by atoms with Crippen LogP contribution in [0.3, 0.4) is 0 Å². The zero-order chi connectivity index (χ0) is 13.7. The zero-order valence-electron chi connectivity index (χ0n) is 11.9. The Bertz CT molecular complexity index is 396. The van der Waals surface area contributed by atoms with Crippen LogP contribution in [0.5, 0.6) is 0 Å². The first-order valence-corrected chi connectivity index (χ1v) is 8.17. The van der Waals surface area contributed by atoms with Crippen molar-refractivity contribution in [1.29, 1.82) is 0 Å². The normalized spacial score (nSPS) is 24.3. The van der Waals surface area contributed by atoms with E-state index in [9.17, 15) is 4.79 Å². The summed E-state index contributed by atoms with van der Waals surface area (Å²) in [5.74, 6) is 0.189. The fourth-order valence-corrected chi connectivity index (χ4v) is 3.61. The van der Waals surface area contributed by atoms with Gasteiger partial charge in [0.05, 0.1) is 5.54 Å². The highest BCUT2D eigenvalue weighted by Gasteiger charge is 2.40. The molecule has 2 atom stereocenters. The molecule has 4 heteroatoms. The Morgan fingerprint density at radius 2 is 2.47 bits per heavy atom. The van der Waals surface area contributed by atoms with Crippen LogP contribution in [-0.2, 0) is 11.2 Å². The van der Waals surface area contributed by atoms with E-state index in [1.54, 1.807) is 11.3 Å². The average molecular weight is 280 g/mol. The molecule has 1 aliphatic heterocycles. The number of nitrogens with one attached hydrogen (secondary N) is 2. The summed E-state index contributed by atoms with van der Waals surface area (Å²) in [4.78, 5) is 12.5. The van der Waals surface area contributed by atoms with E-state index in [0.717, 1.165) is 38.6 Å². The fraction of sp³-hybridized carbons (Fsp3) is 0.667. The van der Waals surface area contributed by atoms with Gasteiger partial charge < -0.3 is 10.6 Å². The van der Waals surface area contributed by atoms with Gasteiger partial charge in [-0.05, 0) is 61.5 Å². The van der Waals surface area contributed by atoms with Crippen molar-refractivity contribution in [2.45, 2.75) is 57.5 Å². The Morgan fingerprint density at radius 1 is 1.63 bits per heavy atom. The van der Waals surface area contributed by atoms with Gasteiger partial charge in [-0.1, -0.05) is 13.3 Å². The van der Waals surface area contributed by atoms with Crippen LogP contribution >= 0.6 is 11.3 Å². The van der Waals surface area contributed by atoms with Crippen LogP contribution in [0.15, 0.2) is 16.8 Å². The van der Waals surface area contributed by atoms with Gasteiger partial charge in [-0.25, -0.2) is 0 Å². The Balaban J connectivity index is 1.91. The predicted molar refractivity (Wildman–Crippen MR) is 80.5 cm³/mol. The molecule has 1 aromatic heterocycles. The van der Waals surface area contributed by atoms with Gasteiger partial charge in [0, 0.05) is 6.04 Å². The van der Waals surface area contributed by atoms with E-state index in [4.69, 9.17) is 0 Å². The molecule has 2 heterocycles. The van der Waals surface area contributed by atoms with Crippen LogP contribution in [0.2, 0.25) is 0 Å². The lowest BCUT2D eigenvalue weighted by Gasteiger charge is -2.29. The first-order valence-electron chi connectivity index (χ1n) is 7.23. The quantitative estimate of drug-likeness (QED) is 0.841. The van der Waals surface area contributed by atoms with Crippen molar-refractivity contribution in [3.63, 3.8) is 0 Å². The van der Waals surface area contributed by atoms with E-state index < -0.39 is 0 Å². The third-order valence-electron chi connectivity index (χ3n) is 3.85. The molecule has 0 radical (unpaired) electrons. The van der Waals surface area contributed by atoms with E-state index in [0.29, 0.717) is 0 Å². The predicted octanol–water partition coefficient (Wildman–Crippen LogP) is 2.72. The molecule has 0 spiro atoms. The molecule has 0 aliphatic carbocycles. The highest BCUT2D eigenvalue weighted by molar-refractivity contribution is 7.07. The number of carbonyl (C=O) groups excluding carboxylic acids is 1. The molecule has 2 unspecified atom stereocenters. The second-order valence-corrected chi connectivity index (χ2v) is 6.35. The fourth-order valence-electron chi connectivity index (χ4n) is 2.93. The molecule has 1 fully saturated rings. The number of amides is 1. The Hall–Kier alpha value is -0.870. The molecule has 1 aliphatic rings. The Kier molecular flexibility index (Phi) is 4.99. The lowest BCUT2D eigenvalue weighted by atomic mass is 9.90. The standard InChI is InChI=1S/C15H24N2OS/c1-3-6-15(7-4-8-16-15)14(18)17-12(2)10-13-5-9-19-11-13/h5,9,11-12,16H,3-4,6-8,10H2,1-2H3,(H,17,18). The summed E-state index contributed by atoms with van der Waals surface area (Å²) in [6.07, 6.45) is 4.96. The molecular weight excluding hydrogens is 256 g/mol. The van der Waals surface area contributed by atoms with E-state index in [-0.39, 0.29) is 17.5 Å². The van der Waals surface area contributed by atoms with Gasteiger partial charge in [-0.3, -0.25) is 4.79 Å². The molecule has 2 rings (SSSR count). The number of carbonyl (C=O) groups is 1. The minimum atomic E-state index is -0.308. The van der Waals surface area contributed by atoms with Crippen LogP contribution < -0.4 is 10.6 Å². The van der Waals surface area contributed by atoms with Gasteiger partial charge in [0.25, 0.3) is 0 Å². The van der Waals surface area contributed by atoms with Gasteiger partial charge in [-0.2, -0.15) is 11.3 Å². The molecule has 0 saturated carbocycles. The first kappa shape index (κ1) is 14.5. The van der Waals surface area contributed by atoms with Gasteiger partial charge in [-0.15, -0.1) is 0 Å². The molecule has 106 valence electrons. The maximum absolute atomic E-state index is 12.5. The summed E-state index contributed by atoms with van der Waals surface area (Å²) in [7, 11) is 0. The third-order valence-corrected chi connectivity index (χ3v) is 4.59. The highest BCUT2D eigenvalue weighted by atomic mass is 32.1. The van der Waals surface area contributed by atoms with Crippen molar-refractivity contribution in [2.75, 3.05) is 6.54 Å². The van der Waals surface area contributed by atoms with E-state index in [1.807, 2.05) is 0 Å². The molecule has 1 aromatic rings. The summed E-state index contributed by atoms with van der Waals surface area (Å²) >= 11 is 1.71. The second kappa shape index (κ2) is 6.53. The Labute approximate surface area is 119 Å². The number of thiophene rings is 1. The third kappa shape index (κ3) is 3.57. The van der Waals surface area contributed by atoms with Crippen LogP contribution in [0.1, 0.15) is 45.1 Å². The first-order chi connectivity index (χ1) is 9.16. The summed E-state index contributed by atoms with van der Waals surface area (Å²) in [6, 6.07) is 2.32. The minimum absolute atomic E-state index is 0.189. The molecule has 2 N–H and O–H groups in total. The van der Waals surface area contributed by atoms with Crippen molar-refractivity contribution in [3.05, 3.63) is 22.4 Å².